The molecule has 0 radical (unpaired) electrons. The van der Waals surface area contributed by atoms with Crippen molar-refractivity contribution in [2.75, 3.05) is 5.73 Å². The van der Waals surface area contributed by atoms with E-state index in [1.165, 1.54) is 34.4 Å². The summed E-state index contributed by atoms with van der Waals surface area (Å²) in [4.78, 5) is 20.7. The summed E-state index contributed by atoms with van der Waals surface area (Å²) in [7, 11) is 0. The van der Waals surface area contributed by atoms with Crippen LogP contribution in [0.3, 0.4) is 0 Å². The number of hydrogen-bond donors (Lipinski definition) is 2. The molecule has 0 saturated carbocycles. The van der Waals surface area contributed by atoms with Crippen LogP contribution < -0.4 is 11.3 Å². The third-order valence-electron chi connectivity index (χ3n) is 3.33. The second-order valence-electron chi connectivity index (χ2n) is 4.92. The average Bonchev–Trinajstić information content (AvgIpc) is 3.27. The summed E-state index contributed by atoms with van der Waals surface area (Å²) in [6.07, 6.45) is 1.58. The second-order valence-corrected chi connectivity index (χ2v) is 8.38. The Bertz CT molecular complexity index is 1050. The molecule has 4 aromatic rings. The number of fused-ring (bicyclic) bond motifs is 1. The fraction of sp³-hybridized carbons (Fsp3) is 0.143. The predicted molar refractivity (Wildman–Crippen MR) is 96.5 cm³/mol. The molecule has 4 heterocycles. The zero-order valence-corrected chi connectivity index (χ0v) is 14.8. The van der Waals surface area contributed by atoms with Gasteiger partial charge in [-0.1, -0.05) is 23.1 Å². The Morgan fingerprint density at radius 1 is 1.42 bits per heavy atom. The molecule has 122 valence electrons. The van der Waals surface area contributed by atoms with Crippen molar-refractivity contribution in [1.29, 1.82) is 0 Å². The number of nitrogens with one attached hydrogen (secondary N) is 1. The number of furan rings is 1. The van der Waals surface area contributed by atoms with E-state index in [0.29, 0.717) is 26.9 Å². The normalized spacial score (nSPS) is 12.7. The number of nitrogen functional groups attached to an aromatic ring is 1. The van der Waals surface area contributed by atoms with Crippen LogP contribution >= 0.6 is 34.4 Å². The van der Waals surface area contributed by atoms with Gasteiger partial charge in [-0.25, -0.2) is 4.98 Å². The molecule has 0 bridgehead atoms. The summed E-state index contributed by atoms with van der Waals surface area (Å²) < 4.78 is 6.14. The summed E-state index contributed by atoms with van der Waals surface area (Å²) in [6.45, 7) is 1.95. The topological polar surface area (TPSA) is 111 Å². The Kier molecular flexibility index (Phi) is 3.87. The molecule has 0 aromatic carbocycles. The van der Waals surface area contributed by atoms with E-state index in [0.717, 1.165) is 9.90 Å². The first-order valence-corrected chi connectivity index (χ1v) is 9.50. The fourth-order valence-corrected chi connectivity index (χ4v) is 5.02. The van der Waals surface area contributed by atoms with Crippen molar-refractivity contribution >= 4 is 49.8 Å². The number of thioether (sulfide) groups is 1. The summed E-state index contributed by atoms with van der Waals surface area (Å²) >= 11 is 4.19. The van der Waals surface area contributed by atoms with E-state index in [4.69, 9.17) is 10.2 Å². The smallest absolute Gasteiger partial charge is 0.260 e. The minimum atomic E-state index is -0.174. The fourth-order valence-electron chi connectivity index (χ4n) is 2.25. The van der Waals surface area contributed by atoms with Crippen LogP contribution in [0, 0.1) is 0 Å². The van der Waals surface area contributed by atoms with E-state index >= 15 is 0 Å². The molecule has 1 unspecified atom stereocenters. The number of nitrogens with two attached hydrogens (primary N) is 1. The Morgan fingerprint density at radius 3 is 3.00 bits per heavy atom. The molecule has 0 amide bonds. The van der Waals surface area contributed by atoms with Crippen LogP contribution in [0.4, 0.5) is 5.13 Å². The Morgan fingerprint density at radius 2 is 2.29 bits per heavy atom. The van der Waals surface area contributed by atoms with Crippen LogP contribution in [-0.2, 0) is 0 Å². The van der Waals surface area contributed by atoms with Crippen LogP contribution in [0.1, 0.15) is 18.0 Å². The minimum Gasteiger partial charge on any atom is -0.464 e. The first-order chi connectivity index (χ1) is 11.6. The Labute approximate surface area is 148 Å². The summed E-state index contributed by atoms with van der Waals surface area (Å²) in [5.74, 6) is 1.26. The second kappa shape index (κ2) is 6.04. The number of aromatic amines is 1. The van der Waals surface area contributed by atoms with Crippen LogP contribution in [-0.4, -0.2) is 20.2 Å². The van der Waals surface area contributed by atoms with Gasteiger partial charge in [0.1, 0.15) is 16.4 Å². The van der Waals surface area contributed by atoms with Crippen molar-refractivity contribution < 1.29 is 4.42 Å². The van der Waals surface area contributed by atoms with Crippen molar-refractivity contribution in [3.63, 3.8) is 0 Å². The highest BCUT2D eigenvalue weighted by molar-refractivity contribution is 8.01. The van der Waals surface area contributed by atoms with Gasteiger partial charge in [-0.3, -0.25) is 4.79 Å². The third kappa shape index (κ3) is 2.72. The van der Waals surface area contributed by atoms with E-state index < -0.39 is 0 Å². The zero-order valence-electron chi connectivity index (χ0n) is 12.3. The number of rotatable bonds is 4. The van der Waals surface area contributed by atoms with E-state index in [9.17, 15) is 4.79 Å². The first-order valence-electron chi connectivity index (χ1n) is 6.92. The molecule has 3 N–H and O–H groups in total. The van der Waals surface area contributed by atoms with Crippen molar-refractivity contribution in [2.24, 2.45) is 0 Å². The molecule has 0 spiro atoms. The molecule has 7 nitrogen and oxygen atoms in total. The van der Waals surface area contributed by atoms with Crippen LogP contribution in [0.15, 0.2) is 37.3 Å². The highest BCUT2D eigenvalue weighted by atomic mass is 32.2. The largest absolute Gasteiger partial charge is 0.464 e. The van der Waals surface area contributed by atoms with Gasteiger partial charge in [0.2, 0.25) is 5.13 Å². The number of aromatic nitrogens is 4. The first kappa shape index (κ1) is 15.4. The molecule has 0 aliphatic rings. The lowest BCUT2D eigenvalue weighted by atomic mass is 10.2. The number of anilines is 1. The molecule has 24 heavy (non-hydrogen) atoms. The molecule has 0 fully saturated rings. The number of nitrogens with zero attached hydrogens (tertiary/aromatic N) is 3. The maximum atomic E-state index is 12.6. The quantitative estimate of drug-likeness (QED) is 0.523. The highest BCUT2D eigenvalue weighted by Crippen LogP contribution is 2.36. The maximum absolute atomic E-state index is 12.6. The monoisotopic (exact) mass is 377 g/mol. The van der Waals surface area contributed by atoms with E-state index in [2.05, 4.69) is 20.2 Å². The number of hydrogen-bond acceptors (Lipinski definition) is 9. The van der Waals surface area contributed by atoms with E-state index in [1.807, 2.05) is 18.4 Å². The van der Waals surface area contributed by atoms with Gasteiger partial charge < -0.3 is 15.1 Å². The highest BCUT2D eigenvalue weighted by Gasteiger charge is 2.18. The summed E-state index contributed by atoms with van der Waals surface area (Å²) in [6, 6.07) is 3.62. The number of H-pyrrole nitrogens is 1. The lowest BCUT2D eigenvalue weighted by Gasteiger charge is -2.08. The van der Waals surface area contributed by atoms with Crippen molar-refractivity contribution in [2.45, 2.75) is 16.5 Å². The Balaban J connectivity index is 1.72. The zero-order chi connectivity index (χ0) is 16.7. The lowest BCUT2D eigenvalue weighted by Crippen LogP contribution is -2.12. The van der Waals surface area contributed by atoms with Crippen LogP contribution in [0.5, 0.6) is 0 Å². The van der Waals surface area contributed by atoms with Crippen molar-refractivity contribution in [3.8, 4) is 11.3 Å². The predicted octanol–water partition coefficient (Wildman–Crippen LogP) is 3.53. The van der Waals surface area contributed by atoms with Gasteiger partial charge in [-0.05, 0) is 19.1 Å². The number of thiophene rings is 1. The molecular weight excluding hydrogens is 366 g/mol. The molecule has 1 atom stereocenters. The molecule has 4 rings (SSSR count). The van der Waals surface area contributed by atoms with Crippen molar-refractivity contribution in [3.05, 3.63) is 40.0 Å². The van der Waals surface area contributed by atoms with Gasteiger partial charge >= 0.3 is 0 Å². The third-order valence-corrected chi connectivity index (χ3v) is 6.15. The Hall–Kier alpha value is -2.17. The van der Waals surface area contributed by atoms with Crippen molar-refractivity contribution in [1.82, 2.24) is 20.2 Å². The van der Waals surface area contributed by atoms with Crippen LogP contribution in [0.25, 0.3) is 21.5 Å². The molecular formula is C14H11N5O2S3. The van der Waals surface area contributed by atoms with Gasteiger partial charge in [0.25, 0.3) is 5.56 Å². The maximum Gasteiger partial charge on any atom is 0.260 e. The average molecular weight is 377 g/mol. The van der Waals surface area contributed by atoms with Gasteiger partial charge in [-0.2, -0.15) is 0 Å². The summed E-state index contributed by atoms with van der Waals surface area (Å²) in [5.41, 5.74) is 6.18. The van der Waals surface area contributed by atoms with Gasteiger partial charge in [0.05, 0.1) is 16.9 Å². The minimum absolute atomic E-state index is 0.0800. The molecule has 4 aromatic heterocycles. The van der Waals surface area contributed by atoms with E-state index in [1.54, 1.807) is 12.3 Å². The molecule has 0 saturated heterocycles. The van der Waals surface area contributed by atoms with E-state index in [-0.39, 0.29) is 10.8 Å². The lowest BCUT2D eigenvalue weighted by molar-refractivity contribution is 0.583. The van der Waals surface area contributed by atoms with Crippen LogP contribution in [0.2, 0.25) is 0 Å². The van der Waals surface area contributed by atoms with Gasteiger partial charge in [0, 0.05) is 10.9 Å². The molecule has 0 aliphatic carbocycles. The SMILES string of the molecule is CC(Sc1nnc(N)s1)c1nc2scc(-c3ccco3)c2c(=O)[nH]1. The van der Waals surface area contributed by atoms with Gasteiger partial charge in [0.15, 0.2) is 4.34 Å². The molecule has 10 heteroatoms. The molecule has 0 aliphatic heterocycles. The van der Waals surface area contributed by atoms with Gasteiger partial charge in [-0.15, -0.1) is 21.5 Å². The summed E-state index contributed by atoms with van der Waals surface area (Å²) in [5, 5.41) is 10.5. The standard InChI is InChI=1S/C14H11N5O2S3/c1-6(23-14-19-18-13(15)24-14)10-16-11(20)9-7(5-22-12(9)17-10)8-3-2-4-21-8/h2-6H,1H3,(H2,15,18)(H,16,17,20).